The van der Waals surface area contributed by atoms with Gasteiger partial charge in [-0.1, -0.05) is 52.3 Å². The highest BCUT2D eigenvalue weighted by molar-refractivity contribution is 5.85. The zero-order valence-electron chi connectivity index (χ0n) is 26.8. The molecule has 1 unspecified atom stereocenters. The van der Waals surface area contributed by atoms with Crippen LogP contribution in [0.25, 0.3) is 0 Å². The van der Waals surface area contributed by atoms with Gasteiger partial charge in [-0.3, -0.25) is 4.79 Å². The molecule has 6 fully saturated rings. The van der Waals surface area contributed by atoms with Gasteiger partial charge in [0.2, 0.25) is 0 Å². The van der Waals surface area contributed by atoms with Gasteiger partial charge in [0, 0.05) is 30.5 Å². The summed E-state index contributed by atoms with van der Waals surface area (Å²) < 4.78 is 0. The summed E-state index contributed by atoms with van der Waals surface area (Å²) in [6, 6.07) is 0. The molecule has 3 nitrogen and oxygen atoms in total. The smallest absolute Gasteiger partial charge is 0.138 e. The first-order valence-electron chi connectivity index (χ1n) is 17.2. The molecule has 0 aromatic carbocycles. The predicted molar refractivity (Wildman–Crippen MR) is 167 cm³/mol. The van der Waals surface area contributed by atoms with Crippen LogP contribution in [0.15, 0.2) is 24.8 Å². The molecule has 9 atom stereocenters. The summed E-state index contributed by atoms with van der Waals surface area (Å²) in [5.41, 5.74) is 2.22. The van der Waals surface area contributed by atoms with Crippen molar-refractivity contribution in [2.24, 2.45) is 51.2 Å². The van der Waals surface area contributed by atoms with Crippen LogP contribution in [0.5, 0.6) is 0 Å². The molecule has 0 aromatic rings. The van der Waals surface area contributed by atoms with Crippen LogP contribution < -0.4 is 5.32 Å². The monoisotopic (exact) mass is 548 g/mol. The van der Waals surface area contributed by atoms with E-state index < -0.39 is 0 Å². The van der Waals surface area contributed by atoms with Crippen LogP contribution in [0.4, 0.5) is 0 Å². The van der Waals surface area contributed by atoms with Crippen molar-refractivity contribution < 1.29 is 4.79 Å². The molecule has 0 amide bonds. The van der Waals surface area contributed by atoms with Crippen molar-refractivity contribution in [3.05, 3.63) is 24.8 Å². The van der Waals surface area contributed by atoms with Crippen LogP contribution in [-0.2, 0) is 4.79 Å². The number of nitrogens with zero attached hydrogens (tertiary/aromatic N) is 1. The Balaban J connectivity index is 1.32. The Morgan fingerprint density at radius 3 is 2.40 bits per heavy atom. The number of hydrogen-bond acceptors (Lipinski definition) is 3. The number of piperidine rings is 1. The molecule has 5 saturated carbocycles. The molecule has 1 heterocycles. The molecule has 1 N–H and O–H groups in total. The number of hydrogen-bond donors (Lipinski definition) is 1. The summed E-state index contributed by atoms with van der Waals surface area (Å²) in [6.07, 6.45) is 18.8. The van der Waals surface area contributed by atoms with Crippen molar-refractivity contribution in [1.29, 1.82) is 0 Å². The van der Waals surface area contributed by atoms with Gasteiger partial charge < -0.3 is 10.2 Å². The lowest BCUT2D eigenvalue weighted by atomic mass is 9.32. The van der Waals surface area contributed by atoms with Gasteiger partial charge in [0.25, 0.3) is 0 Å². The summed E-state index contributed by atoms with van der Waals surface area (Å²) in [6.45, 7) is 26.4. The van der Waals surface area contributed by atoms with Crippen molar-refractivity contribution in [3.63, 3.8) is 0 Å². The van der Waals surface area contributed by atoms with Crippen LogP contribution in [-0.4, -0.2) is 42.4 Å². The Morgan fingerprint density at radius 2 is 1.70 bits per heavy atom. The summed E-state index contributed by atoms with van der Waals surface area (Å²) in [5, 5.41) is 4.30. The number of carbonyl (C=O) groups excluding carboxylic acids is 1. The number of carbonyl (C=O) groups is 1. The number of ketones is 1. The minimum Gasteiger partial charge on any atom is -0.310 e. The Kier molecular flexibility index (Phi) is 7.34. The third-order valence-corrected chi connectivity index (χ3v) is 15.0. The molecule has 224 valence electrons. The number of Topliss-reactive ketones (excluding diaryl/α,β-unsaturated/α-hetero) is 1. The molecule has 40 heavy (non-hydrogen) atoms. The van der Waals surface area contributed by atoms with E-state index in [2.05, 4.69) is 64.1 Å². The third kappa shape index (κ3) is 3.98. The number of fused-ring (bicyclic) bond motifs is 7. The fourth-order valence-corrected chi connectivity index (χ4v) is 13.1. The second kappa shape index (κ2) is 10.1. The van der Waals surface area contributed by atoms with Crippen LogP contribution in [0, 0.1) is 51.2 Å². The minimum atomic E-state index is -0.178. The average Bonchev–Trinajstić information content (AvgIpc) is 3.31. The second-order valence-corrected chi connectivity index (χ2v) is 16.6. The Bertz CT molecular complexity index is 1030. The Hall–Kier alpha value is -0.930. The average molecular weight is 549 g/mol. The van der Waals surface area contributed by atoms with Crippen molar-refractivity contribution in [1.82, 2.24) is 10.2 Å². The molecule has 3 heteroatoms. The zero-order chi connectivity index (χ0) is 28.6. The predicted octanol–water partition coefficient (Wildman–Crippen LogP) is 8.21. The van der Waals surface area contributed by atoms with Gasteiger partial charge >= 0.3 is 0 Å². The largest absolute Gasteiger partial charge is 0.310 e. The summed E-state index contributed by atoms with van der Waals surface area (Å²) in [4.78, 5) is 15.8. The highest BCUT2D eigenvalue weighted by Crippen LogP contribution is 2.76. The number of rotatable bonds is 6. The molecule has 6 rings (SSSR count). The summed E-state index contributed by atoms with van der Waals surface area (Å²) in [5.74, 6) is 3.71. The van der Waals surface area contributed by atoms with Gasteiger partial charge in [-0.25, -0.2) is 0 Å². The fourth-order valence-electron chi connectivity index (χ4n) is 13.1. The molecule has 1 aliphatic heterocycles. The van der Waals surface area contributed by atoms with E-state index in [1.807, 2.05) is 0 Å². The van der Waals surface area contributed by atoms with Gasteiger partial charge in [0.15, 0.2) is 0 Å². The molecular formula is C37H60N2O. The molecule has 1 saturated heterocycles. The Morgan fingerprint density at radius 1 is 0.950 bits per heavy atom. The minimum absolute atomic E-state index is 0.178. The highest BCUT2D eigenvalue weighted by Gasteiger charge is 2.71. The van der Waals surface area contributed by atoms with E-state index in [0.717, 1.165) is 19.4 Å². The van der Waals surface area contributed by atoms with E-state index >= 15 is 0 Å². The van der Waals surface area contributed by atoms with E-state index in [9.17, 15) is 4.79 Å². The molecule has 0 bridgehead atoms. The van der Waals surface area contributed by atoms with Crippen molar-refractivity contribution in [2.75, 3.05) is 26.2 Å². The van der Waals surface area contributed by atoms with Gasteiger partial charge in [0.1, 0.15) is 5.78 Å². The van der Waals surface area contributed by atoms with E-state index in [0.29, 0.717) is 35.4 Å². The molecule has 0 radical (unpaired) electrons. The highest BCUT2D eigenvalue weighted by atomic mass is 16.1. The standard InChI is InChI=1S/C37H60N2O/c1-8-36-20-21-37(38-22-25-39-23-10-9-11-24-39)19-14-27(26(2)3)32(37)28(36)12-13-30-34(6)17-16-31(40)33(4,5)29(34)15-18-35(30,36)7/h8,27-30,32,38H,1-2,9-25H2,3-7H3/t27-,28+,29-,30?,32+,34-,35+,36+,37-/m0/s1. The SMILES string of the molecule is C=C[C@@]12CC[C@@]3(NCCN4CCCCC4)CC[C@@H](C(=C)C)[C@@H]3[C@H]1CCC1[C@@]3(C)CCC(=O)C(C)(C)[C@@H]3CC[C@]12C. The maximum absolute atomic E-state index is 13.1. The first-order valence-corrected chi connectivity index (χ1v) is 17.2. The lowest BCUT2D eigenvalue weighted by Crippen LogP contribution is -2.69. The van der Waals surface area contributed by atoms with E-state index in [4.69, 9.17) is 0 Å². The van der Waals surface area contributed by atoms with Crippen LogP contribution in [0.3, 0.4) is 0 Å². The number of nitrogens with one attached hydrogen (secondary N) is 1. The van der Waals surface area contributed by atoms with Crippen molar-refractivity contribution >= 4 is 5.78 Å². The molecule has 6 aliphatic rings. The third-order valence-electron chi connectivity index (χ3n) is 15.0. The van der Waals surface area contributed by atoms with E-state index in [1.165, 1.54) is 95.8 Å². The van der Waals surface area contributed by atoms with Crippen molar-refractivity contribution in [3.8, 4) is 0 Å². The second-order valence-electron chi connectivity index (χ2n) is 16.6. The lowest BCUT2D eigenvalue weighted by molar-refractivity contribution is -0.218. The molecule has 0 spiro atoms. The maximum Gasteiger partial charge on any atom is 0.138 e. The molecular weight excluding hydrogens is 488 g/mol. The topological polar surface area (TPSA) is 32.3 Å². The van der Waals surface area contributed by atoms with Crippen molar-refractivity contribution in [2.45, 2.75) is 124 Å². The molecule has 5 aliphatic carbocycles. The zero-order valence-corrected chi connectivity index (χ0v) is 26.8. The van der Waals surface area contributed by atoms with Gasteiger partial charge in [0.05, 0.1) is 0 Å². The quantitative estimate of drug-likeness (QED) is 0.340. The van der Waals surface area contributed by atoms with Gasteiger partial charge in [-0.05, 0) is 136 Å². The maximum atomic E-state index is 13.1. The first-order chi connectivity index (χ1) is 19.0. The van der Waals surface area contributed by atoms with Crippen LogP contribution >= 0.6 is 0 Å². The van der Waals surface area contributed by atoms with Gasteiger partial charge in [-0.2, -0.15) is 0 Å². The van der Waals surface area contributed by atoms with E-state index in [-0.39, 0.29) is 27.2 Å². The Labute approximate surface area is 246 Å². The first kappa shape index (κ1) is 29.2. The van der Waals surface area contributed by atoms with Crippen LogP contribution in [0.1, 0.15) is 118 Å². The summed E-state index contributed by atoms with van der Waals surface area (Å²) in [7, 11) is 0. The molecule has 0 aromatic heterocycles. The fraction of sp³-hybridized carbons (Fsp3) is 0.865. The lowest BCUT2D eigenvalue weighted by Gasteiger charge is -2.72. The van der Waals surface area contributed by atoms with Gasteiger partial charge in [-0.15, -0.1) is 6.58 Å². The number of likely N-dealkylation sites (tertiary alicyclic amines) is 1. The van der Waals surface area contributed by atoms with Crippen LogP contribution in [0.2, 0.25) is 0 Å². The van der Waals surface area contributed by atoms with E-state index in [1.54, 1.807) is 0 Å². The number of allylic oxidation sites excluding steroid dienone is 2. The summed E-state index contributed by atoms with van der Waals surface area (Å²) >= 11 is 0. The normalized spacial score (nSPS) is 48.4.